The van der Waals surface area contributed by atoms with Crippen LogP contribution in [-0.4, -0.2) is 15.1 Å². The monoisotopic (exact) mass is 468 g/mol. The SMILES string of the molecule is CCc1nc2ccc(-c3ccnc(-c4ccc(F)cc4)c3CO)cc2c(Cl)c1-c1ccccc1. The average Bonchev–Trinajstić information content (AvgIpc) is 2.89. The number of aromatic nitrogens is 2. The van der Waals surface area contributed by atoms with Crippen LogP contribution in [0, 0.1) is 5.82 Å². The van der Waals surface area contributed by atoms with Crippen LogP contribution in [0.25, 0.3) is 44.4 Å². The van der Waals surface area contributed by atoms with Gasteiger partial charge >= 0.3 is 0 Å². The van der Waals surface area contributed by atoms with Crippen LogP contribution >= 0.6 is 11.6 Å². The first kappa shape index (κ1) is 22.2. The molecule has 34 heavy (non-hydrogen) atoms. The molecule has 0 saturated carbocycles. The zero-order valence-electron chi connectivity index (χ0n) is 18.6. The van der Waals surface area contributed by atoms with Gasteiger partial charge in [-0.15, -0.1) is 0 Å². The highest BCUT2D eigenvalue weighted by molar-refractivity contribution is 6.38. The number of aryl methyl sites for hydroxylation is 1. The third kappa shape index (κ3) is 3.96. The average molecular weight is 469 g/mol. The molecule has 0 spiro atoms. The van der Waals surface area contributed by atoms with Crippen molar-refractivity contribution in [3.63, 3.8) is 0 Å². The van der Waals surface area contributed by atoms with E-state index in [1.54, 1.807) is 18.3 Å². The molecule has 0 aliphatic carbocycles. The van der Waals surface area contributed by atoms with Gasteiger partial charge in [0.25, 0.3) is 0 Å². The van der Waals surface area contributed by atoms with Gasteiger partial charge in [0, 0.05) is 28.3 Å². The Bertz CT molecular complexity index is 1480. The third-order valence-corrected chi connectivity index (χ3v) is 6.43. The predicted octanol–water partition coefficient (Wildman–Crippen LogP) is 7.48. The molecule has 0 unspecified atom stereocenters. The molecular weight excluding hydrogens is 447 g/mol. The quantitative estimate of drug-likeness (QED) is 0.291. The molecule has 168 valence electrons. The highest BCUT2D eigenvalue weighted by Gasteiger charge is 2.17. The number of hydrogen-bond donors (Lipinski definition) is 1. The second-order valence-corrected chi connectivity index (χ2v) is 8.43. The lowest BCUT2D eigenvalue weighted by Crippen LogP contribution is -1.98. The van der Waals surface area contributed by atoms with Gasteiger partial charge in [0.05, 0.1) is 28.5 Å². The Balaban J connectivity index is 1.71. The van der Waals surface area contributed by atoms with Gasteiger partial charge in [0.2, 0.25) is 0 Å². The molecule has 3 nitrogen and oxygen atoms in total. The number of pyridine rings is 2. The second kappa shape index (κ2) is 9.34. The van der Waals surface area contributed by atoms with E-state index in [9.17, 15) is 9.50 Å². The number of aliphatic hydroxyl groups is 1. The van der Waals surface area contributed by atoms with Crippen molar-refractivity contribution in [1.29, 1.82) is 0 Å². The van der Waals surface area contributed by atoms with Gasteiger partial charge in [-0.2, -0.15) is 0 Å². The van der Waals surface area contributed by atoms with Crippen LogP contribution in [-0.2, 0) is 13.0 Å². The molecule has 3 aromatic carbocycles. The van der Waals surface area contributed by atoms with Crippen molar-refractivity contribution in [3.8, 4) is 33.5 Å². The minimum atomic E-state index is -0.317. The van der Waals surface area contributed by atoms with Gasteiger partial charge in [-0.3, -0.25) is 9.97 Å². The van der Waals surface area contributed by atoms with Crippen LogP contribution in [0.15, 0.2) is 85.1 Å². The van der Waals surface area contributed by atoms with Gasteiger partial charge in [-0.05, 0) is 65.6 Å². The molecule has 5 heteroatoms. The van der Waals surface area contributed by atoms with Crippen molar-refractivity contribution in [1.82, 2.24) is 9.97 Å². The summed E-state index contributed by atoms with van der Waals surface area (Å²) in [6.45, 7) is 1.87. The zero-order valence-corrected chi connectivity index (χ0v) is 19.4. The largest absolute Gasteiger partial charge is 0.392 e. The van der Waals surface area contributed by atoms with E-state index >= 15 is 0 Å². The Kier molecular flexibility index (Phi) is 6.10. The van der Waals surface area contributed by atoms with E-state index in [1.165, 1.54) is 12.1 Å². The van der Waals surface area contributed by atoms with Gasteiger partial charge in [-0.25, -0.2) is 4.39 Å². The summed E-state index contributed by atoms with van der Waals surface area (Å²) in [6.07, 6.45) is 2.47. The smallest absolute Gasteiger partial charge is 0.123 e. The van der Waals surface area contributed by atoms with Crippen LogP contribution in [0.4, 0.5) is 4.39 Å². The third-order valence-electron chi connectivity index (χ3n) is 6.04. The Labute approximate surface area is 202 Å². The van der Waals surface area contributed by atoms with E-state index in [2.05, 4.69) is 11.9 Å². The highest BCUT2D eigenvalue weighted by Crippen LogP contribution is 2.39. The first-order chi connectivity index (χ1) is 16.6. The number of fused-ring (bicyclic) bond motifs is 1. The molecule has 2 heterocycles. The summed E-state index contributed by atoms with van der Waals surface area (Å²) in [5.41, 5.74) is 7.53. The fourth-order valence-corrected chi connectivity index (χ4v) is 4.74. The number of halogens is 2. The highest BCUT2D eigenvalue weighted by atomic mass is 35.5. The second-order valence-electron chi connectivity index (χ2n) is 8.05. The molecule has 0 aliphatic rings. The van der Waals surface area contributed by atoms with E-state index in [-0.39, 0.29) is 12.4 Å². The van der Waals surface area contributed by atoms with Crippen molar-refractivity contribution < 1.29 is 9.50 Å². The van der Waals surface area contributed by atoms with Crippen molar-refractivity contribution in [2.45, 2.75) is 20.0 Å². The summed E-state index contributed by atoms with van der Waals surface area (Å²) < 4.78 is 13.4. The van der Waals surface area contributed by atoms with Crippen molar-refractivity contribution in [3.05, 3.63) is 107 Å². The maximum atomic E-state index is 13.4. The number of benzene rings is 3. The standard InChI is InChI=1S/C29H22ClFN2O/c1-2-25-27(18-6-4-3-5-7-18)28(30)23-16-20(10-13-26(23)33-25)22-14-15-32-29(24(22)17-34)19-8-11-21(31)12-9-19/h3-16,34H,2,17H2,1H3. The molecule has 0 amide bonds. The topological polar surface area (TPSA) is 46.0 Å². The van der Waals surface area contributed by atoms with Gasteiger partial charge in [0.1, 0.15) is 5.82 Å². The van der Waals surface area contributed by atoms with Crippen LogP contribution < -0.4 is 0 Å². The van der Waals surface area contributed by atoms with Crippen LogP contribution in [0.1, 0.15) is 18.2 Å². The molecule has 0 aliphatic heterocycles. The van der Waals surface area contributed by atoms with Crippen molar-refractivity contribution in [2.75, 3.05) is 0 Å². The molecule has 0 atom stereocenters. The van der Waals surface area contributed by atoms with E-state index in [4.69, 9.17) is 16.6 Å². The van der Waals surface area contributed by atoms with E-state index in [0.29, 0.717) is 16.3 Å². The maximum absolute atomic E-state index is 13.4. The summed E-state index contributed by atoms with van der Waals surface area (Å²) in [7, 11) is 0. The lowest BCUT2D eigenvalue weighted by Gasteiger charge is -2.16. The maximum Gasteiger partial charge on any atom is 0.123 e. The summed E-state index contributed by atoms with van der Waals surface area (Å²) in [5.74, 6) is -0.317. The lowest BCUT2D eigenvalue weighted by atomic mass is 9.94. The van der Waals surface area contributed by atoms with Gasteiger partial charge in [0.15, 0.2) is 0 Å². The normalized spacial score (nSPS) is 11.2. The fourth-order valence-electron chi connectivity index (χ4n) is 4.37. The molecule has 0 saturated heterocycles. The number of hydrogen-bond acceptors (Lipinski definition) is 3. The van der Waals surface area contributed by atoms with Gasteiger partial charge in [-0.1, -0.05) is 54.9 Å². The minimum absolute atomic E-state index is 0.204. The molecule has 5 aromatic rings. The fraction of sp³-hybridized carbons (Fsp3) is 0.103. The van der Waals surface area contributed by atoms with E-state index in [1.807, 2.05) is 54.6 Å². The predicted molar refractivity (Wildman–Crippen MR) is 136 cm³/mol. The molecule has 0 fully saturated rings. The first-order valence-corrected chi connectivity index (χ1v) is 11.5. The number of aliphatic hydroxyl groups excluding tert-OH is 1. The zero-order chi connectivity index (χ0) is 23.7. The molecule has 0 radical (unpaired) electrons. The summed E-state index contributed by atoms with van der Waals surface area (Å²) >= 11 is 7.00. The molecule has 0 bridgehead atoms. The summed E-state index contributed by atoms with van der Waals surface area (Å²) in [5, 5.41) is 11.8. The van der Waals surface area contributed by atoms with Crippen molar-refractivity contribution >= 4 is 22.5 Å². The lowest BCUT2D eigenvalue weighted by molar-refractivity contribution is 0.282. The Morgan fingerprint density at radius 2 is 1.62 bits per heavy atom. The molecule has 1 N–H and O–H groups in total. The molecular formula is C29H22ClFN2O. The number of rotatable bonds is 5. The van der Waals surface area contributed by atoms with Crippen molar-refractivity contribution in [2.24, 2.45) is 0 Å². The van der Waals surface area contributed by atoms with E-state index < -0.39 is 0 Å². The Morgan fingerprint density at radius 3 is 2.32 bits per heavy atom. The number of nitrogens with zero attached hydrogens (tertiary/aromatic N) is 2. The summed E-state index contributed by atoms with van der Waals surface area (Å²) in [6, 6.07) is 24.0. The van der Waals surface area contributed by atoms with Gasteiger partial charge < -0.3 is 5.11 Å². The minimum Gasteiger partial charge on any atom is -0.392 e. The Morgan fingerprint density at radius 1 is 0.882 bits per heavy atom. The van der Waals surface area contributed by atoms with Crippen LogP contribution in [0.3, 0.4) is 0 Å². The first-order valence-electron chi connectivity index (χ1n) is 11.1. The van der Waals surface area contributed by atoms with Crippen LogP contribution in [0.5, 0.6) is 0 Å². The Hall–Kier alpha value is -3.60. The van der Waals surface area contributed by atoms with Crippen LogP contribution in [0.2, 0.25) is 5.02 Å². The molecule has 5 rings (SSSR count). The molecule has 2 aromatic heterocycles. The summed E-state index contributed by atoms with van der Waals surface area (Å²) in [4.78, 5) is 9.37. The van der Waals surface area contributed by atoms with E-state index in [0.717, 1.165) is 50.8 Å².